The van der Waals surface area contributed by atoms with Gasteiger partial charge < -0.3 is 9.67 Å². The highest BCUT2D eigenvalue weighted by atomic mass is 79.9. The van der Waals surface area contributed by atoms with Gasteiger partial charge in [0.25, 0.3) is 0 Å². The van der Waals surface area contributed by atoms with E-state index in [9.17, 15) is 13.6 Å². The van der Waals surface area contributed by atoms with Crippen LogP contribution in [0.15, 0.2) is 29.1 Å². The van der Waals surface area contributed by atoms with Gasteiger partial charge in [-0.15, -0.1) is 0 Å². The molecule has 1 heterocycles. The van der Waals surface area contributed by atoms with Gasteiger partial charge in [-0.05, 0) is 28.1 Å². The van der Waals surface area contributed by atoms with Crippen molar-refractivity contribution in [2.24, 2.45) is 0 Å². The van der Waals surface area contributed by atoms with Crippen LogP contribution in [0.4, 0.5) is 8.78 Å². The summed E-state index contributed by atoms with van der Waals surface area (Å²) in [7, 11) is 0. The second-order valence-corrected chi connectivity index (χ2v) is 4.41. The van der Waals surface area contributed by atoms with E-state index in [0.29, 0.717) is 0 Å². The zero-order valence-electron chi connectivity index (χ0n) is 8.90. The lowest BCUT2D eigenvalue weighted by Gasteiger charge is -2.06. The van der Waals surface area contributed by atoms with Gasteiger partial charge in [0.15, 0.2) is 5.69 Å². The summed E-state index contributed by atoms with van der Waals surface area (Å²) in [6, 6.07) is 2.41. The predicted octanol–water partition coefficient (Wildman–Crippen LogP) is 2.67. The predicted molar refractivity (Wildman–Crippen MR) is 62.3 cm³/mol. The maximum atomic E-state index is 13.7. The summed E-state index contributed by atoms with van der Waals surface area (Å²) in [5.41, 5.74) is -0.329. The zero-order chi connectivity index (χ0) is 13.3. The van der Waals surface area contributed by atoms with Crippen molar-refractivity contribution in [1.82, 2.24) is 9.55 Å². The summed E-state index contributed by atoms with van der Waals surface area (Å²) in [5, 5.41) is 8.69. The quantitative estimate of drug-likeness (QED) is 0.886. The Kier molecular flexibility index (Phi) is 3.42. The highest BCUT2D eigenvalue weighted by Crippen LogP contribution is 2.22. The Bertz CT molecular complexity index is 613. The molecule has 0 saturated heterocycles. The van der Waals surface area contributed by atoms with Gasteiger partial charge in [-0.1, -0.05) is 0 Å². The molecule has 1 N–H and O–H groups in total. The number of hydrogen-bond donors (Lipinski definition) is 1. The molecule has 0 spiro atoms. The summed E-state index contributed by atoms with van der Waals surface area (Å²) in [4.78, 5) is 14.2. The first-order chi connectivity index (χ1) is 8.49. The standard InChI is InChI=1S/C11H7BrF2N2O2/c12-7-1-2-8(13)6(10(7)14)3-16-4-9(11(17)18)15-5-16/h1-2,4-5H,3H2,(H,17,18). The number of nitrogens with zero attached hydrogens (tertiary/aromatic N) is 2. The molecule has 0 atom stereocenters. The fourth-order valence-electron chi connectivity index (χ4n) is 1.45. The Balaban J connectivity index is 2.33. The summed E-state index contributed by atoms with van der Waals surface area (Å²) in [5.74, 6) is -2.59. The van der Waals surface area contributed by atoms with Crippen molar-refractivity contribution in [2.75, 3.05) is 0 Å². The lowest BCUT2D eigenvalue weighted by atomic mass is 10.2. The van der Waals surface area contributed by atoms with E-state index in [2.05, 4.69) is 20.9 Å². The number of carboxylic acid groups (broad SMARTS) is 1. The van der Waals surface area contributed by atoms with E-state index in [1.165, 1.54) is 23.2 Å². The number of carbonyl (C=O) groups is 1. The molecule has 0 amide bonds. The first-order valence-electron chi connectivity index (χ1n) is 4.86. The monoisotopic (exact) mass is 316 g/mol. The average Bonchev–Trinajstić information content (AvgIpc) is 2.78. The van der Waals surface area contributed by atoms with Crippen LogP contribution < -0.4 is 0 Å². The minimum atomic E-state index is -1.19. The van der Waals surface area contributed by atoms with Crippen LogP contribution in [0.25, 0.3) is 0 Å². The van der Waals surface area contributed by atoms with Crippen LogP contribution >= 0.6 is 15.9 Å². The Morgan fingerprint density at radius 1 is 1.44 bits per heavy atom. The normalized spacial score (nSPS) is 10.6. The Hall–Kier alpha value is -1.76. The van der Waals surface area contributed by atoms with Crippen LogP contribution in [-0.2, 0) is 6.54 Å². The second-order valence-electron chi connectivity index (χ2n) is 3.56. The molecule has 94 valence electrons. The molecule has 1 aromatic carbocycles. The van der Waals surface area contributed by atoms with E-state index in [1.54, 1.807) is 0 Å². The van der Waals surface area contributed by atoms with Crippen molar-refractivity contribution in [3.8, 4) is 0 Å². The van der Waals surface area contributed by atoms with Gasteiger partial charge in [0.2, 0.25) is 0 Å². The van der Waals surface area contributed by atoms with Crippen molar-refractivity contribution >= 4 is 21.9 Å². The minimum absolute atomic E-state index is 0.128. The molecule has 0 saturated carbocycles. The van der Waals surface area contributed by atoms with Crippen molar-refractivity contribution in [1.29, 1.82) is 0 Å². The molecule has 0 radical (unpaired) electrons. The molecule has 0 aliphatic rings. The van der Waals surface area contributed by atoms with Crippen LogP contribution in [0.5, 0.6) is 0 Å². The summed E-state index contributed by atoms with van der Waals surface area (Å²) >= 11 is 2.96. The van der Waals surface area contributed by atoms with E-state index in [1.807, 2.05) is 0 Å². The maximum absolute atomic E-state index is 13.7. The summed E-state index contributed by atoms with van der Waals surface area (Å²) < 4.78 is 28.6. The topological polar surface area (TPSA) is 55.1 Å². The minimum Gasteiger partial charge on any atom is -0.476 e. The number of rotatable bonds is 3. The van der Waals surface area contributed by atoms with Gasteiger partial charge in [0.1, 0.15) is 11.6 Å². The van der Waals surface area contributed by atoms with E-state index in [0.717, 1.165) is 6.07 Å². The van der Waals surface area contributed by atoms with Crippen molar-refractivity contribution in [2.45, 2.75) is 6.54 Å². The van der Waals surface area contributed by atoms with E-state index in [-0.39, 0.29) is 22.3 Å². The Morgan fingerprint density at radius 3 is 2.78 bits per heavy atom. The van der Waals surface area contributed by atoms with Crippen LogP contribution in [0.2, 0.25) is 0 Å². The van der Waals surface area contributed by atoms with E-state index in [4.69, 9.17) is 5.11 Å². The molecule has 0 aliphatic heterocycles. The smallest absolute Gasteiger partial charge is 0.356 e. The summed E-state index contributed by atoms with van der Waals surface area (Å²) in [6.07, 6.45) is 2.42. The number of aromatic nitrogens is 2. The fourth-order valence-corrected chi connectivity index (χ4v) is 1.83. The van der Waals surface area contributed by atoms with Gasteiger partial charge in [-0.2, -0.15) is 0 Å². The zero-order valence-corrected chi connectivity index (χ0v) is 10.5. The molecule has 7 heteroatoms. The van der Waals surface area contributed by atoms with E-state index >= 15 is 0 Å². The molecule has 0 bridgehead atoms. The molecule has 2 aromatic rings. The molecular formula is C11H7BrF2N2O2. The van der Waals surface area contributed by atoms with Gasteiger partial charge in [0.05, 0.1) is 17.3 Å². The largest absolute Gasteiger partial charge is 0.476 e. The number of aromatic carboxylic acids is 1. The molecule has 18 heavy (non-hydrogen) atoms. The number of benzene rings is 1. The molecule has 4 nitrogen and oxygen atoms in total. The van der Waals surface area contributed by atoms with Crippen LogP contribution in [-0.4, -0.2) is 20.6 Å². The molecule has 0 unspecified atom stereocenters. The van der Waals surface area contributed by atoms with Crippen LogP contribution in [0.1, 0.15) is 16.1 Å². The molecular weight excluding hydrogens is 310 g/mol. The molecule has 1 aromatic heterocycles. The second kappa shape index (κ2) is 4.85. The average molecular weight is 317 g/mol. The van der Waals surface area contributed by atoms with Gasteiger partial charge in [-0.3, -0.25) is 0 Å². The lowest BCUT2D eigenvalue weighted by molar-refractivity contribution is 0.0691. The highest BCUT2D eigenvalue weighted by Gasteiger charge is 2.14. The summed E-state index contributed by atoms with van der Waals surface area (Å²) in [6.45, 7) is -0.128. The van der Waals surface area contributed by atoms with Crippen LogP contribution in [0, 0.1) is 11.6 Å². The van der Waals surface area contributed by atoms with Crippen molar-refractivity contribution < 1.29 is 18.7 Å². The number of hydrogen-bond acceptors (Lipinski definition) is 2. The van der Waals surface area contributed by atoms with Crippen molar-refractivity contribution in [3.63, 3.8) is 0 Å². The van der Waals surface area contributed by atoms with E-state index < -0.39 is 17.6 Å². The maximum Gasteiger partial charge on any atom is 0.356 e. The molecule has 2 rings (SSSR count). The van der Waals surface area contributed by atoms with Gasteiger partial charge >= 0.3 is 5.97 Å². The van der Waals surface area contributed by atoms with Gasteiger partial charge in [0, 0.05) is 11.8 Å². The van der Waals surface area contributed by atoms with Crippen LogP contribution in [0.3, 0.4) is 0 Å². The lowest BCUT2D eigenvalue weighted by Crippen LogP contribution is -2.04. The third-order valence-electron chi connectivity index (χ3n) is 2.33. The van der Waals surface area contributed by atoms with Crippen molar-refractivity contribution in [3.05, 3.63) is 52.0 Å². The first-order valence-corrected chi connectivity index (χ1v) is 5.66. The molecule has 0 aliphatic carbocycles. The Labute approximate surface area is 109 Å². The highest BCUT2D eigenvalue weighted by molar-refractivity contribution is 9.10. The van der Waals surface area contributed by atoms with Gasteiger partial charge in [-0.25, -0.2) is 18.6 Å². The Morgan fingerprint density at radius 2 is 2.17 bits per heavy atom. The fraction of sp³-hybridized carbons (Fsp3) is 0.0909. The third kappa shape index (κ3) is 2.40. The first kappa shape index (κ1) is 12.7. The number of halogens is 3. The number of imidazole rings is 1. The SMILES string of the molecule is O=C(O)c1cn(Cc2c(F)ccc(Br)c2F)cn1. The number of carboxylic acids is 1. The molecule has 0 fully saturated rings. The third-order valence-corrected chi connectivity index (χ3v) is 2.94.